The predicted molar refractivity (Wildman–Crippen MR) is 94.6 cm³/mol. The summed E-state index contributed by atoms with van der Waals surface area (Å²) >= 11 is 0. The van der Waals surface area contributed by atoms with Crippen molar-refractivity contribution in [3.8, 4) is 0 Å². The van der Waals surface area contributed by atoms with Gasteiger partial charge < -0.3 is 9.64 Å². The molecule has 0 atom stereocenters. The van der Waals surface area contributed by atoms with Gasteiger partial charge in [0.1, 0.15) is 0 Å². The molecule has 1 heterocycles. The summed E-state index contributed by atoms with van der Waals surface area (Å²) in [6, 6.07) is 6.54. The highest BCUT2D eigenvalue weighted by Gasteiger charge is 2.20. The van der Waals surface area contributed by atoms with Gasteiger partial charge in [-0.05, 0) is 33.8 Å². The molecule has 1 aromatic heterocycles. The summed E-state index contributed by atoms with van der Waals surface area (Å²) in [7, 11) is 0. The van der Waals surface area contributed by atoms with Crippen molar-refractivity contribution in [3.05, 3.63) is 40.3 Å². The molecule has 7 heteroatoms. The van der Waals surface area contributed by atoms with Gasteiger partial charge in [0.05, 0.1) is 11.4 Å². The Morgan fingerprint density at radius 1 is 1.16 bits per heavy atom. The Morgan fingerprint density at radius 3 is 2.32 bits per heavy atom. The highest BCUT2D eigenvalue weighted by molar-refractivity contribution is 6.02. The Hall–Kier alpha value is -2.70. The number of amides is 1. The van der Waals surface area contributed by atoms with Gasteiger partial charge in [0.25, 0.3) is 11.5 Å². The molecule has 0 saturated heterocycles. The van der Waals surface area contributed by atoms with Crippen LogP contribution in [0.15, 0.2) is 29.1 Å². The number of fused-ring (bicyclic) bond motifs is 1. The number of carbonyl (C=O) groups is 2. The molecular formula is C18H23N3O4. The summed E-state index contributed by atoms with van der Waals surface area (Å²) in [6.07, 6.45) is 0. The van der Waals surface area contributed by atoms with Crippen LogP contribution in [0.1, 0.15) is 44.2 Å². The van der Waals surface area contributed by atoms with Gasteiger partial charge in [-0.25, -0.2) is 9.48 Å². The van der Waals surface area contributed by atoms with E-state index in [1.807, 2.05) is 27.7 Å². The van der Waals surface area contributed by atoms with Gasteiger partial charge in [-0.15, -0.1) is 0 Å². The summed E-state index contributed by atoms with van der Waals surface area (Å²) in [5.74, 6) is -0.981. The lowest BCUT2D eigenvalue weighted by atomic mass is 10.1. The van der Waals surface area contributed by atoms with E-state index in [0.717, 1.165) is 0 Å². The van der Waals surface area contributed by atoms with Gasteiger partial charge in [0, 0.05) is 18.5 Å². The summed E-state index contributed by atoms with van der Waals surface area (Å²) in [5, 5.41) is 4.99. The van der Waals surface area contributed by atoms with Gasteiger partial charge in [0.15, 0.2) is 12.3 Å². The first-order valence-corrected chi connectivity index (χ1v) is 8.37. The molecule has 0 aliphatic carbocycles. The number of aromatic nitrogens is 2. The fraction of sp³-hybridized carbons (Fsp3) is 0.444. The van der Waals surface area contributed by atoms with E-state index in [0.29, 0.717) is 23.9 Å². The van der Waals surface area contributed by atoms with E-state index in [-0.39, 0.29) is 29.8 Å². The van der Waals surface area contributed by atoms with E-state index in [9.17, 15) is 14.4 Å². The molecule has 2 aromatic rings. The maximum Gasteiger partial charge on any atom is 0.359 e. The number of hydrogen-bond acceptors (Lipinski definition) is 5. The Bertz CT molecular complexity index is 838. The van der Waals surface area contributed by atoms with Gasteiger partial charge >= 0.3 is 5.97 Å². The molecule has 7 nitrogen and oxygen atoms in total. The minimum atomic E-state index is -0.717. The smallest absolute Gasteiger partial charge is 0.359 e. The third-order valence-corrected chi connectivity index (χ3v) is 3.95. The topological polar surface area (TPSA) is 81.5 Å². The van der Waals surface area contributed by atoms with E-state index in [4.69, 9.17) is 4.74 Å². The van der Waals surface area contributed by atoms with Crippen molar-refractivity contribution in [3.63, 3.8) is 0 Å². The minimum Gasteiger partial charge on any atom is -0.451 e. The van der Waals surface area contributed by atoms with Crippen molar-refractivity contribution in [1.29, 1.82) is 0 Å². The molecule has 0 fully saturated rings. The van der Waals surface area contributed by atoms with Gasteiger partial charge in [-0.1, -0.05) is 18.2 Å². The molecule has 0 bridgehead atoms. The van der Waals surface area contributed by atoms with Crippen molar-refractivity contribution in [1.82, 2.24) is 14.7 Å². The molecule has 0 saturated carbocycles. The van der Waals surface area contributed by atoms with Crippen LogP contribution in [-0.4, -0.2) is 46.3 Å². The third kappa shape index (κ3) is 3.87. The van der Waals surface area contributed by atoms with Crippen LogP contribution in [0.2, 0.25) is 0 Å². The average Bonchev–Trinajstić information content (AvgIpc) is 2.61. The van der Waals surface area contributed by atoms with Crippen molar-refractivity contribution in [2.24, 2.45) is 0 Å². The Kier molecular flexibility index (Phi) is 5.90. The third-order valence-electron chi connectivity index (χ3n) is 3.95. The number of nitrogens with zero attached hydrogens (tertiary/aromatic N) is 3. The highest BCUT2D eigenvalue weighted by atomic mass is 16.5. The normalized spacial score (nSPS) is 10.9. The van der Waals surface area contributed by atoms with Crippen LogP contribution in [0, 0.1) is 0 Å². The molecule has 0 aliphatic rings. The lowest BCUT2D eigenvalue weighted by Gasteiger charge is -2.18. The minimum absolute atomic E-state index is 0.0382. The Labute approximate surface area is 146 Å². The van der Waals surface area contributed by atoms with Crippen LogP contribution >= 0.6 is 0 Å². The summed E-state index contributed by atoms with van der Waals surface area (Å²) < 4.78 is 6.40. The fourth-order valence-corrected chi connectivity index (χ4v) is 2.57. The average molecular weight is 345 g/mol. The standard InChI is InChI=1S/C18H23N3O4/c1-5-20(6-2)15(22)11-25-18(24)16-13-9-7-8-10-14(13)17(23)21(19-16)12(3)4/h7-10,12H,5-6,11H2,1-4H3. The molecule has 0 aliphatic heterocycles. The number of carbonyl (C=O) groups excluding carboxylic acids is 2. The van der Waals surface area contributed by atoms with Crippen molar-refractivity contribution < 1.29 is 14.3 Å². The second-order valence-electron chi connectivity index (χ2n) is 5.88. The monoisotopic (exact) mass is 345 g/mol. The Balaban J connectivity index is 2.36. The van der Waals surface area contributed by atoms with Crippen molar-refractivity contribution in [2.75, 3.05) is 19.7 Å². The van der Waals surface area contributed by atoms with Crippen LogP contribution in [-0.2, 0) is 9.53 Å². The highest BCUT2D eigenvalue weighted by Crippen LogP contribution is 2.15. The van der Waals surface area contributed by atoms with E-state index in [1.54, 1.807) is 29.2 Å². The van der Waals surface area contributed by atoms with E-state index in [2.05, 4.69) is 5.10 Å². The summed E-state index contributed by atoms with van der Waals surface area (Å²) in [6.45, 7) is 8.08. The quantitative estimate of drug-likeness (QED) is 0.748. The zero-order valence-electron chi connectivity index (χ0n) is 15.0. The predicted octanol–water partition coefficient (Wildman–Crippen LogP) is 2.00. The van der Waals surface area contributed by atoms with Crippen LogP contribution in [0.4, 0.5) is 0 Å². The van der Waals surface area contributed by atoms with Crippen LogP contribution < -0.4 is 5.56 Å². The Morgan fingerprint density at radius 2 is 1.76 bits per heavy atom. The first-order chi connectivity index (χ1) is 11.9. The van der Waals surface area contributed by atoms with Gasteiger partial charge in [0.2, 0.25) is 0 Å². The number of benzene rings is 1. The first kappa shape index (κ1) is 18.6. The zero-order chi connectivity index (χ0) is 18.6. The molecule has 25 heavy (non-hydrogen) atoms. The lowest BCUT2D eigenvalue weighted by Crippen LogP contribution is -2.34. The molecule has 0 unspecified atom stereocenters. The zero-order valence-corrected chi connectivity index (χ0v) is 15.0. The molecule has 2 rings (SSSR count). The van der Waals surface area contributed by atoms with Crippen LogP contribution in [0.5, 0.6) is 0 Å². The maximum absolute atomic E-state index is 12.5. The van der Waals surface area contributed by atoms with Crippen LogP contribution in [0.3, 0.4) is 0 Å². The van der Waals surface area contributed by atoms with E-state index < -0.39 is 5.97 Å². The number of ether oxygens (including phenoxy) is 1. The second-order valence-corrected chi connectivity index (χ2v) is 5.88. The SMILES string of the molecule is CCN(CC)C(=O)COC(=O)c1nn(C(C)C)c(=O)c2ccccc12. The molecular weight excluding hydrogens is 322 g/mol. The number of rotatable bonds is 6. The van der Waals surface area contributed by atoms with Gasteiger partial charge in [-0.2, -0.15) is 5.10 Å². The number of hydrogen-bond donors (Lipinski definition) is 0. The molecule has 1 aromatic carbocycles. The summed E-state index contributed by atoms with van der Waals surface area (Å²) in [4.78, 5) is 38.5. The molecule has 1 amide bonds. The largest absolute Gasteiger partial charge is 0.451 e. The first-order valence-electron chi connectivity index (χ1n) is 8.37. The molecule has 0 N–H and O–H groups in total. The molecule has 0 radical (unpaired) electrons. The molecule has 0 spiro atoms. The fourth-order valence-electron chi connectivity index (χ4n) is 2.57. The van der Waals surface area contributed by atoms with Crippen LogP contribution in [0.25, 0.3) is 10.8 Å². The van der Waals surface area contributed by atoms with E-state index >= 15 is 0 Å². The van der Waals surface area contributed by atoms with Crippen molar-refractivity contribution in [2.45, 2.75) is 33.7 Å². The maximum atomic E-state index is 12.5. The lowest BCUT2D eigenvalue weighted by molar-refractivity contribution is -0.134. The summed E-state index contributed by atoms with van der Waals surface area (Å²) in [5.41, 5.74) is -0.224. The van der Waals surface area contributed by atoms with Crippen molar-refractivity contribution >= 4 is 22.6 Å². The van der Waals surface area contributed by atoms with Gasteiger partial charge in [-0.3, -0.25) is 9.59 Å². The van der Waals surface area contributed by atoms with E-state index in [1.165, 1.54) is 4.68 Å². The number of likely N-dealkylation sites (N-methyl/N-ethyl adjacent to an activating group) is 1. The molecule has 134 valence electrons. The second kappa shape index (κ2) is 7.92. The number of esters is 1.